The fourth-order valence-electron chi connectivity index (χ4n) is 4.13. The minimum Gasteiger partial charge on any atom is -0.423 e. The predicted octanol–water partition coefficient (Wildman–Crippen LogP) is 8.35. The van der Waals surface area contributed by atoms with Crippen molar-refractivity contribution in [2.45, 2.75) is 65.4 Å². The van der Waals surface area contributed by atoms with Gasteiger partial charge >= 0.3 is 5.97 Å². The fourth-order valence-corrected chi connectivity index (χ4v) is 4.13. The van der Waals surface area contributed by atoms with Crippen molar-refractivity contribution in [1.29, 1.82) is 0 Å². The standard InChI is InChI=1S/C30H36O3/c1-5-10-23(7-3)28-11-8-9-12-29(28)33-30(31)27-19-17-26(18-20-27)25-15-13-24(14-16-25)22(4)32-21-6-2/h8-9,11-20,22-23H,5-7,10,21H2,1-4H3. The van der Waals surface area contributed by atoms with Crippen LogP contribution in [0, 0.1) is 0 Å². The van der Waals surface area contributed by atoms with Gasteiger partial charge in [0, 0.05) is 6.61 Å². The quantitative estimate of drug-likeness (QED) is 0.220. The van der Waals surface area contributed by atoms with Crippen molar-refractivity contribution in [1.82, 2.24) is 0 Å². The van der Waals surface area contributed by atoms with Crippen LogP contribution < -0.4 is 4.74 Å². The Morgan fingerprint density at radius 3 is 2.06 bits per heavy atom. The van der Waals surface area contributed by atoms with E-state index in [0.29, 0.717) is 17.2 Å². The highest BCUT2D eigenvalue weighted by Gasteiger charge is 2.17. The largest absolute Gasteiger partial charge is 0.423 e. The second-order valence-corrected chi connectivity index (χ2v) is 8.53. The molecule has 0 heterocycles. The lowest BCUT2D eigenvalue weighted by Crippen LogP contribution is -2.11. The summed E-state index contributed by atoms with van der Waals surface area (Å²) in [7, 11) is 0. The molecule has 0 bridgehead atoms. The summed E-state index contributed by atoms with van der Waals surface area (Å²) in [5.41, 5.74) is 5.01. The minimum atomic E-state index is -0.322. The van der Waals surface area contributed by atoms with Crippen LogP contribution in [0.3, 0.4) is 0 Å². The number of rotatable bonds is 11. The van der Waals surface area contributed by atoms with Crippen molar-refractivity contribution in [3.05, 3.63) is 89.5 Å². The first-order valence-electron chi connectivity index (χ1n) is 12.2. The van der Waals surface area contributed by atoms with Crippen LogP contribution in [0.2, 0.25) is 0 Å². The topological polar surface area (TPSA) is 35.5 Å². The summed E-state index contributed by atoms with van der Waals surface area (Å²) >= 11 is 0. The zero-order chi connectivity index (χ0) is 23.6. The van der Waals surface area contributed by atoms with Gasteiger partial charge in [0.05, 0.1) is 11.7 Å². The second kappa shape index (κ2) is 12.4. The molecule has 3 heteroatoms. The fraction of sp³-hybridized carbons (Fsp3) is 0.367. The van der Waals surface area contributed by atoms with Crippen molar-refractivity contribution in [2.24, 2.45) is 0 Å². The number of hydrogen-bond acceptors (Lipinski definition) is 3. The summed E-state index contributed by atoms with van der Waals surface area (Å²) in [4.78, 5) is 12.9. The molecule has 0 saturated heterocycles. The molecule has 2 unspecified atom stereocenters. The molecule has 0 N–H and O–H groups in total. The van der Waals surface area contributed by atoms with Gasteiger partial charge in [0.15, 0.2) is 0 Å². The third-order valence-corrected chi connectivity index (χ3v) is 6.10. The van der Waals surface area contributed by atoms with Gasteiger partial charge in [0.2, 0.25) is 0 Å². The SMILES string of the molecule is CCCOC(C)c1ccc(-c2ccc(C(=O)Oc3ccccc3C(CC)CCC)cc2)cc1. The molecule has 0 spiro atoms. The van der Waals surface area contributed by atoms with E-state index in [1.807, 2.05) is 42.5 Å². The molecule has 0 aliphatic heterocycles. The Morgan fingerprint density at radius 2 is 1.45 bits per heavy atom. The first-order chi connectivity index (χ1) is 16.1. The van der Waals surface area contributed by atoms with E-state index in [9.17, 15) is 4.79 Å². The van der Waals surface area contributed by atoms with E-state index in [4.69, 9.17) is 9.47 Å². The van der Waals surface area contributed by atoms with Crippen molar-refractivity contribution >= 4 is 5.97 Å². The summed E-state index contributed by atoms with van der Waals surface area (Å²) in [6.07, 6.45) is 4.32. The Balaban J connectivity index is 1.70. The molecule has 3 aromatic carbocycles. The predicted molar refractivity (Wildman–Crippen MR) is 136 cm³/mol. The Morgan fingerprint density at radius 1 is 0.818 bits per heavy atom. The second-order valence-electron chi connectivity index (χ2n) is 8.53. The van der Waals surface area contributed by atoms with E-state index in [2.05, 4.69) is 58.0 Å². The molecule has 0 aliphatic carbocycles. The lowest BCUT2D eigenvalue weighted by Gasteiger charge is -2.18. The normalized spacial score (nSPS) is 12.8. The average Bonchev–Trinajstić information content (AvgIpc) is 2.86. The van der Waals surface area contributed by atoms with Crippen molar-refractivity contribution < 1.29 is 14.3 Å². The highest BCUT2D eigenvalue weighted by Crippen LogP contribution is 2.33. The van der Waals surface area contributed by atoms with Crippen molar-refractivity contribution in [3.63, 3.8) is 0 Å². The van der Waals surface area contributed by atoms with E-state index in [1.54, 1.807) is 0 Å². The molecule has 2 atom stereocenters. The average molecular weight is 445 g/mol. The first kappa shape index (κ1) is 24.7. The molecule has 0 fully saturated rings. The molecule has 3 aromatic rings. The van der Waals surface area contributed by atoms with Crippen LogP contribution in [0.15, 0.2) is 72.8 Å². The van der Waals surface area contributed by atoms with Crippen LogP contribution in [0.5, 0.6) is 5.75 Å². The molecule has 0 aliphatic rings. The number of benzene rings is 3. The smallest absolute Gasteiger partial charge is 0.343 e. The summed E-state index contributed by atoms with van der Waals surface area (Å²) in [6.45, 7) is 9.33. The molecule has 3 nitrogen and oxygen atoms in total. The van der Waals surface area contributed by atoms with Crippen LogP contribution in [-0.4, -0.2) is 12.6 Å². The number of para-hydroxylation sites is 1. The zero-order valence-corrected chi connectivity index (χ0v) is 20.3. The maximum atomic E-state index is 12.9. The number of carbonyl (C=O) groups excluding carboxylic acids is 1. The van der Waals surface area contributed by atoms with Crippen LogP contribution >= 0.6 is 0 Å². The summed E-state index contributed by atoms with van der Waals surface area (Å²) in [6, 6.07) is 23.9. The Bertz CT molecular complexity index is 1010. The van der Waals surface area contributed by atoms with E-state index in [1.165, 1.54) is 5.56 Å². The Kier molecular flexibility index (Phi) is 9.26. The van der Waals surface area contributed by atoms with Crippen LogP contribution in [0.1, 0.15) is 86.9 Å². The van der Waals surface area contributed by atoms with Gasteiger partial charge in [0.25, 0.3) is 0 Å². The van der Waals surface area contributed by atoms with Gasteiger partial charge < -0.3 is 9.47 Å². The van der Waals surface area contributed by atoms with Crippen LogP contribution in [0.4, 0.5) is 0 Å². The summed E-state index contributed by atoms with van der Waals surface area (Å²) in [5.74, 6) is 0.749. The van der Waals surface area contributed by atoms with E-state index >= 15 is 0 Å². The lowest BCUT2D eigenvalue weighted by molar-refractivity contribution is 0.0662. The summed E-state index contributed by atoms with van der Waals surface area (Å²) in [5, 5.41) is 0. The molecule has 3 rings (SSSR count). The molecule has 0 saturated carbocycles. The molecule has 174 valence electrons. The molecule has 0 amide bonds. The van der Waals surface area contributed by atoms with Crippen molar-refractivity contribution in [2.75, 3.05) is 6.61 Å². The van der Waals surface area contributed by atoms with Gasteiger partial charge in [0.1, 0.15) is 5.75 Å². The van der Waals surface area contributed by atoms with Crippen molar-refractivity contribution in [3.8, 4) is 16.9 Å². The number of hydrogen-bond donors (Lipinski definition) is 0. The number of ether oxygens (including phenoxy) is 2. The van der Waals surface area contributed by atoms with E-state index in [0.717, 1.165) is 49.0 Å². The molecule has 0 radical (unpaired) electrons. The van der Waals surface area contributed by atoms with E-state index in [-0.39, 0.29) is 12.1 Å². The molecular weight excluding hydrogens is 408 g/mol. The first-order valence-corrected chi connectivity index (χ1v) is 12.2. The van der Waals surface area contributed by atoms with Gasteiger partial charge in [-0.3, -0.25) is 0 Å². The van der Waals surface area contributed by atoms with E-state index < -0.39 is 0 Å². The maximum absolute atomic E-state index is 12.9. The lowest BCUT2D eigenvalue weighted by atomic mass is 9.91. The van der Waals surface area contributed by atoms with Gasteiger partial charge in [-0.1, -0.05) is 81.8 Å². The summed E-state index contributed by atoms with van der Waals surface area (Å²) < 4.78 is 11.6. The Labute approximate surface area is 198 Å². The number of carbonyl (C=O) groups is 1. The van der Waals surface area contributed by atoms with Gasteiger partial charge in [-0.25, -0.2) is 4.79 Å². The Hall–Kier alpha value is -2.91. The highest BCUT2D eigenvalue weighted by molar-refractivity contribution is 5.91. The molecular formula is C30H36O3. The van der Waals surface area contributed by atoms with Crippen LogP contribution in [-0.2, 0) is 4.74 Å². The van der Waals surface area contributed by atoms with Gasteiger partial charge in [-0.2, -0.15) is 0 Å². The molecule has 33 heavy (non-hydrogen) atoms. The maximum Gasteiger partial charge on any atom is 0.343 e. The third-order valence-electron chi connectivity index (χ3n) is 6.10. The third kappa shape index (κ3) is 6.55. The zero-order valence-electron chi connectivity index (χ0n) is 20.3. The van der Waals surface area contributed by atoms with Gasteiger partial charge in [-0.05, 0) is 72.6 Å². The minimum absolute atomic E-state index is 0.0867. The highest BCUT2D eigenvalue weighted by atomic mass is 16.5. The van der Waals surface area contributed by atoms with Gasteiger partial charge in [-0.15, -0.1) is 0 Å². The molecule has 0 aromatic heterocycles. The monoisotopic (exact) mass is 444 g/mol. The number of esters is 1. The van der Waals surface area contributed by atoms with Crippen LogP contribution in [0.25, 0.3) is 11.1 Å².